The van der Waals surface area contributed by atoms with Crippen molar-refractivity contribution in [2.45, 2.75) is 44.4 Å². The van der Waals surface area contributed by atoms with Gasteiger partial charge in [0.1, 0.15) is 5.82 Å². The molecule has 3 heteroatoms. The summed E-state index contributed by atoms with van der Waals surface area (Å²) in [5, 5.41) is 13.3. The lowest BCUT2D eigenvalue weighted by Crippen LogP contribution is -2.43. The number of aliphatic hydroxyl groups is 1. The summed E-state index contributed by atoms with van der Waals surface area (Å²) in [7, 11) is 0. The van der Waals surface area contributed by atoms with Gasteiger partial charge in [0.15, 0.2) is 0 Å². The van der Waals surface area contributed by atoms with Crippen LogP contribution in [0.5, 0.6) is 0 Å². The zero-order valence-corrected chi connectivity index (χ0v) is 9.70. The minimum Gasteiger partial charge on any atom is -0.389 e. The first-order chi connectivity index (χ1) is 7.47. The van der Waals surface area contributed by atoms with Gasteiger partial charge in [-0.05, 0) is 44.4 Å². The molecule has 0 amide bonds. The van der Waals surface area contributed by atoms with Gasteiger partial charge in [-0.2, -0.15) is 0 Å². The molecule has 2 nitrogen and oxygen atoms in total. The van der Waals surface area contributed by atoms with E-state index in [0.29, 0.717) is 0 Å². The van der Waals surface area contributed by atoms with E-state index >= 15 is 0 Å². The number of rotatable bonds is 2. The Kier molecular flexibility index (Phi) is 3.00. The lowest BCUT2D eigenvalue weighted by molar-refractivity contribution is 0.0432. The van der Waals surface area contributed by atoms with E-state index in [1.54, 1.807) is 12.1 Å². The van der Waals surface area contributed by atoms with Crippen molar-refractivity contribution in [1.29, 1.82) is 0 Å². The van der Waals surface area contributed by atoms with Crippen LogP contribution in [-0.4, -0.2) is 16.7 Å². The molecule has 1 aliphatic rings. The molecule has 0 aliphatic carbocycles. The summed E-state index contributed by atoms with van der Waals surface area (Å²) in [6.07, 6.45) is 1.94. The molecule has 0 radical (unpaired) electrons. The van der Waals surface area contributed by atoms with Crippen LogP contribution in [-0.2, 0) is 0 Å². The van der Waals surface area contributed by atoms with Gasteiger partial charge in [-0.25, -0.2) is 4.39 Å². The van der Waals surface area contributed by atoms with E-state index in [4.69, 9.17) is 0 Å². The Bertz CT molecular complexity index is 355. The van der Waals surface area contributed by atoms with Crippen molar-refractivity contribution in [1.82, 2.24) is 5.32 Å². The first-order valence-electron chi connectivity index (χ1n) is 5.71. The maximum Gasteiger partial charge on any atom is 0.123 e. The van der Waals surface area contributed by atoms with Crippen LogP contribution in [0.3, 0.4) is 0 Å². The van der Waals surface area contributed by atoms with Crippen molar-refractivity contribution in [3.63, 3.8) is 0 Å². The molecule has 1 aliphatic heterocycles. The molecule has 0 saturated carbocycles. The van der Waals surface area contributed by atoms with E-state index in [1.807, 2.05) is 13.8 Å². The molecular formula is C13H18FNO. The smallest absolute Gasteiger partial charge is 0.123 e. The standard InChI is InChI=1S/C13H18FNO/c1-13(2,16)12-8-7-11(15-12)9-3-5-10(14)6-4-9/h3-6,11-12,15-16H,7-8H2,1-2H3. The Morgan fingerprint density at radius 3 is 2.38 bits per heavy atom. The van der Waals surface area contributed by atoms with E-state index in [0.717, 1.165) is 18.4 Å². The molecule has 2 rings (SSSR count). The fraction of sp³-hybridized carbons (Fsp3) is 0.538. The monoisotopic (exact) mass is 223 g/mol. The van der Waals surface area contributed by atoms with Crippen molar-refractivity contribution in [2.75, 3.05) is 0 Å². The minimum atomic E-state index is -0.700. The van der Waals surface area contributed by atoms with Crippen molar-refractivity contribution in [3.05, 3.63) is 35.6 Å². The lowest BCUT2D eigenvalue weighted by atomic mass is 9.98. The van der Waals surface area contributed by atoms with Crippen LogP contribution in [0.2, 0.25) is 0 Å². The highest BCUT2D eigenvalue weighted by atomic mass is 19.1. The SMILES string of the molecule is CC(C)(O)C1CCC(c2ccc(F)cc2)N1. The van der Waals surface area contributed by atoms with Crippen LogP contribution in [0.25, 0.3) is 0 Å². The Labute approximate surface area is 95.5 Å². The molecule has 1 fully saturated rings. The Balaban J connectivity index is 2.06. The summed E-state index contributed by atoms with van der Waals surface area (Å²) in [6.45, 7) is 3.63. The third kappa shape index (κ3) is 2.42. The topological polar surface area (TPSA) is 32.3 Å². The van der Waals surface area contributed by atoms with Crippen LogP contribution in [0.4, 0.5) is 4.39 Å². The first kappa shape index (κ1) is 11.6. The second-order valence-electron chi connectivity index (χ2n) is 5.05. The van der Waals surface area contributed by atoms with Gasteiger partial charge in [-0.1, -0.05) is 12.1 Å². The Morgan fingerprint density at radius 1 is 1.25 bits per heavy atom. The third-order valence-electron chi connectivity index (χ3n) is 3.27. The Morgan fingerprint density at radius 2 is 1.88 bits per heavy atom. The van der Waals surface area contributed by atoms with Gasteiger partial charge in [-0.3, -0.25) is 0 Å². The first-order valence-corrected chi connectivity index (χ1v) is 5.71. The number of halogens is 1. The highest BCUT2D eigenvalue weighted by Gasteiger charge is 2.34. The summed E-state index contributed by atoms with van der Waals surface area (Å²) < 4.78 is 12.8. The maximum absolute atomic E-state index is 12.8. The van der Waals surface area contributed by atoms with Gasteiger partial charge in [0.25, 0.3) is 0 Å². The van der Waals surface area contributed by atoms with Crippen LogP contribution < -0.4 is 5.32 Å². The maximum atomic E-state index is 12.8. The van der Waals surface area contributed by atoms with E-state index in [2.05, 4.69) is 5.32 Å². The average molecular weight is 223 g/mol. The van der Waals surface area contributed by atoms with Gasteiger partial charge in [0.2, 0.25) is 0 Å². The second-order valence-corrected chi connectivity index (χ2v) is 5.05. The summed E-state index contributed by atoms with van der Waals surface area (Å²) in [5.74, 6) is -0.208. The Hall–Kier alpha value is -0.930. The fourth-order valence-corrected chi connectivity index (χ4v) is 2.26. The highest BCUT2D eigenvalue weighted by molar-refractivity contribution is 5.21. The van der Waals surface area contributed by atoms with Crippen molar-refractivity contribution in [2.24, 2.45) is 0 Å². The zero-order valence-electron chi connectivity index (χ0n) is 9.70. The predicted molar refractivity (Wildman–Crippen MR) is 61.6 cm³/mol. The highest BCUT2D eigenvalue weighted by Crippen LogP contribution is 2.30. The van der Waals surface area contributed by atoms with Gasteiger partial charge in [0, 0.05) is 12.1 Å². The second kappa shape index (κ2) is 4.15. The molecule has 1 aromatic rings. The zero-order chi connectivity index (χ0) is 11.8. The van der Waals surface area contributed by atoms with Gasteiger partial charge in [-0.15, -0.1) is 0 Å². The largest absolute Gasteiger partial charge is 0.389 e. The number of benzene rings is 1. The quantitative estimate of drug-likeness (QED) is 0.807. The normalized spacial score (nSPS) is 26.0. The average Bonchev–Trinajstić information content (AvgIpc) is 2.67. The molecule has 2 atom stereocenters. The molecule has 2 N–H and O–H groups in total. The van der Waals surface area contributed by atoms with Crippen molar-refractivity contribution < 1.29 is 9.50 Å². The molecule has 16 heavy (non-hydrogen) atoms. The summed E-state index contributed by atoms with van der Waals surface area (Å²) in [5.41, 5.74) is 0.391. The number of nitrogens with one attached hydrogen (secondary N) is 1. The molecule has 1 aromatic carbocycles. The molecule has 1 heterocycles. The minimum absolute atomic E-state index is 0.113. The number of hydrogen-bond donors (Lipinski definition) is 2. The summed E-state index contributed by atoms with van der Waals surface area (Å²) in [6, 6.07) is 6.92. The molecule has 88 valence electrons. The molecule has 1 saturated heterocycles. The third-order valence-corrected chi connectivity index (χ3v) is 3.27. The van der Waals surface area contributed by atoms with Crippen LogP contribution in [0.1, 0.15) is 38.3 Å². The molecule has 0 bridgehead atoms. The van der Waals surface area contributed by atoms with E-state index < -0.39 is 5.60 Å². The summed E-state index contributed by atoms with van der Waals surface area (Å²) in [4.78, 5) is 0. The van der Waals surface area contributed by atoms with Crippen LogP contribution in [0, 0.1) is 5.82 Å². The van der Waals surface area contributed by atoms with Crippen molar-refractivity contribution >= 4 is 0 Å². The fourth-order valence-electron chi connectivity index (χ4n) is 2.26. The molecule has 0 aromatic heterocycles. The van der Waals surface area contributed by atoms with E-state index in [1.165, 1.54) is 12.1 Å². The van der Waals surface area contributed by atoms with E-state index in [9.17, 15) is 9.50 Å². The van der Waals surface area contributed by atoms with Gasteiger partial charge >= 0.3 is 0 Å². The predicted octanol–water partition coefficient (Wildman–Crippen LogP) is 2.39. The van der Waals surface area contributed by atoms with Gasteiger partial charge < -0.3 is 10.4 Å². The number of hydrogen-bond acceptors (Lipinski definition) is 2. The molecular weight excluding hydrogens is 205 g/mol. The van der Waals surface area contributed by atoms with Gasteiger partial charge in [0.05, 0.1) is 5.60 Å². The van der Waals surface area contributed by atoms with Crippen molar-refractivity contribution in [3.8, 4) is 0 Å². The van der Waals surface area contributed by atoms with E-state index in [-0.39, 0.29) is 17.9 Å². The summed E-state index contributed by atoms with van der Waals surface area (Å²) >= 11 is 0. The lowest BCUT2D eigenvalue weighted by Gasteiger charge is -2.26. The molecule has 2 unspecified atom stereocenters. The van der Waals surface area contributed by atoms with Crippen LogP contribution >= 0.6 is 0 Å². The van der Waals surface area contributed by atoms with Crippen LogP contribution in [0.15, 0.2) is 24.3 Å². The molecule has 0 spiro atoms.